The molecule has 0 radical (unpaired) electrons. The number of aromatic nitrogens is 2. The number of hydrogen-bond donors (Lipinski definition) is 1. The van der Waals surface area contributed by atoms with Crippen molar-refractivity contribution in [3.05, 3.63) is 77.4 Å². The molecule has 6 heteroatoms. The van der Waals surface area contributed by atoms with E-state index in [1.807, 2.05) is 0 Å². The summed E-state index contributed by atoms with van der Waals surface area (Å²) in [6.45, 7) is 0.715. The first-order valence-corrected chi connectivity index (χ1v) is 8.34. The number of aromatic amines is 1. The van der Waals surface area contributed by atoms with Gasteiger partial charge in [0.05, 0.1) is 17.9 Å². The van der Waals surface area contributed by atoms with Crippen molar-refractivity contribution in [1.82, 2.24) is 14.9 Å². The zero-order chi connectivity index (χ0) is 18.1. The molecule has 0 aliphatic carbocycles. The average Bonchev–Trinajstić information content (AvgIpc) is 3.11. The molecule has 0 atom stereocenters. The number of H-pyrrole nitrogens is 1. The van der Waals surface area contributed by atoms with Crippen LogP contribution in [0, 0.1) is 5.82 Å². The molecule has 1 aliphatic heterocycles. The summed E-state index contributed by atoms with van der Waals surface area (Å²) in [6, 6.07) is 14.7. The second-order valence-electron chi connectivity index (χ2n) is 6.19. The minimum Gasteiger partial charge on any atom is -0.340 e. The standard InChI is InChI=1S/C20H16FN3O2/c21-15-8-4-7-14(11-15)19-22-16-9-10-24(12-17(16)23-19)20(26)18(25)13-5-2-1-3-6-13/h1-8,11H,9-10,12H2,(H,22,23). The summed E-state index contributed by atoms with van der Waals surface area (Å²) in [5.74, 6) is -0.803. The summed E-state index contributed by atoms with van der Waals surface area (Å²) in [4.78, 5) is 34.1. The SMILES string of the molecule is O=C(C(=O)N1CCc2nc(-c3cccc(F)c3)[nH]c2C1)c1ccccc1. The molecule has 2 aromatic carbocycles. The van der Waals surface area contributed by atoms with Crippen molar-refractivity contribution < 1.29 is 14.0 Å². The topological polar surface area (TPSA) is 66.1 Å². The van der Waals surface area contributed by atoms with Gasteiger partial charge < -0.3 is 9.88 Å². The second kappa shape index (κ2) is 6.55. The predicted molar refractivity (Wildman–Crippen MR) is 93.9 cm³/mol. The van der Waals surface area contributed by atoms with Crippen LogP contribution in [0.2, 0.25) is 0 Å². The number of benzene rings is 2. The van der Waals surface area contributed by atoms with Crippen molar-refractivity contribution in [2.45, 2.75) is 13.0 Å². The van der Waals surface area contributed by atoms with E-state index >= 15 is 0 Å². The number of imidazole rings is 1. The first-order valence-electron chi connectivity index (χ1n) is 8.34. The molecular formula is C20H16FN3O2. The number of halogens is 1. The molecule has 0 bridgehead atoms. The van der Waals surface area contributed by atoms with Gasteiger partial charge in [0.15, 0.2) is 0 Å². The van der Waals surface area contributed by atoms with Gasteiger partial charge in [0, 0.05) is 24.1 Å². The maximum absolute atomic E-state index is 13.4. The third kappa shape index (κ3) is 3.01. The van der Waals surface area contributed by atoms with Crippen LogP contribution >= 0.6 is 0 Å². The normalized spacial score (nSPS) is 13.3. The van der Waals surface area contributed by atoms with Gasteiger partial charge in [0.2, 0.25) is 5.78 Å². The van der Waals surface area contributed by atoms with Crippen LogP contribution in [0.15, 0.2) is 54.6 Å². The number of rotatable bonds is 3. The van der Waals surface area contributed by atoms with Crippen LogP contribution in [0.25, 0.3) is 11.4 Å². The minimum absolute atomic E-state index is 0.287. The molecule has 2 heterocycles. The Kier molecular flexibility index (Phi) is 4.08. The van der Waals surface area contributed by atoms with Gasteiger partial charge in [-0.05, 0) is 12.1 Å². The van der Waals surface area contributed by atoms with Gasteiger partial charge >= 0.3 is 0 Å². The van der Waals surface area contributed by atoms with Crippen LogP contribution < -0.4 is 0 Å². The largest absolute Gasteiger partial charge is 0.340 e. The molecule has 1 amide bonds. The summed E-state index contributed by atoms with van der Waals surface area (Å²) in [5, 5.41) is 0. The number of ketones is 1. The fourth-order valence-corrected chi connectivity index (χ4v) is 3.10. The number of carbonyl (C=O) groups excluding carboxylic acids is 2. The Labute approximate surface area is 149 Å². The predicted octanol–water partition coefficient (Wildman–Crippen LogP) is 2.98. The highest BCUT2D eigenvalue weighted by Gasteiger charge is 2.28. The number of carbonyl (C=O) groups is 2. The van der Waals surface area contributed by atoms with Crippen molar-refractivity contribution in [3.8, 4) is 11.4 Å². The molecular weight excluding hydrogens is 333 g/mol. The van der Waals surface area contributed by atoms with Gasteiger partial charge in [0.1, 0.15) is 11.6 Å². The molecule has 0 unspecified atom stereocenters. The first-order chi connectivity index (χ1) is 12.6. The molecule has 26 heavy (non-hydrogen) atoms. The lowest BCUT2D eigenvalue weighted by atomic mass is 10.1. The van der Waals surface area contributed by atoms with Crippen LogP contribution in [0.5, 0.6) is 0 Å². The monoisotopic (exact) mass is 349 g/mol. The summed E-state index contributed by atoms with van der Waals surface area (Å²) < 4.78 is 13.4. The van der Waals surface area contributed by atoms with Gasteiger partial charge in [-0.3, -0.25) is 9.59 Å². The van der Waals surface area contributed by atoms with Crippen molar-refractivity contribution in [2.75, 3.05) is 6.54 Å². The molecule has 0 saturated carbocycles. The molecule has 130 valence electrons. The fraction of sp³-hybridized carbons (Fsp3) is 0.150. The Hall–Kier alpha value is -3.28. The molecule has 3 aromatic rings. The second-order valence-corrected chi connectivity index (χ2v) is 6.19. The molecule has 0 fully saturated rings. The van der Waals surface area contributed by atoms with Crippen molar-refractivity contribution in [2.24, 2.45) is 0 Å². The van der Waals surface area contributed by atoms with E-state index in [0.29, 0.717) is 29.9 Å². The van der Waals surface area contributed by atoms with Crippen LogP contribution in [-0.4, -0.2) is 33.1 Å². The Bertz CT molecular complexity index is 982. The highest BCUT2D eigenvalue weighted by Crippen LogP contribution is 2.23. The number of Topliss-reactive ketones (excluding diaryl/α,β-unsaturated/α-hetero) is 1. The van der Waals surface area contributed by atoms with E-state index in [2.05, 4.69) is 9.97 Å². The molecule has 5 nitrogen and oxygen atoms in total. The third-order valence-corrected chi connectivity index (χ3v) is 4.45. The summed E-state index contributed by atoms with van der Waals surface area (Å²) >= 11 is 0. The number of nitrogens with one attached hydrogen (secondary N) is 1. The first kappa shape index (κ1) is 16.2. The zero-order valence-electron chi connectivity index (χ0n) is 13.9. The van der Waals surface area contributed by atoms with Gasteiger partial charge in [-0.1, -0.05) is 42.5 Å². The van der Waals surface area contributed by atoms with Gasteiger partial charge in [-0.15, -0.1) is 0 Å². The Balaban J connectivity index is 1.55. The molecule has 1 aromatic heterocycles. The number of fused-ring (bicyclic) bond motifs is 1. The lowest BCUT2D eigenvalue weighted by Crippen LogP contribution is -2.40. The van der Waals surface area contributed by atoms with E-state index in [-0.39, 0.29) is 12.4 Å². The number of nitrogens with zero attached hydrogens (tertiary/aromatic N) is 2. The van der Waals surface area contributed by atoms with Gasteiger partial charge in [0.25, 0.3) is 5.91 Å². The fourth-order valence-electron chi connectivity index (χ4n) is 3.10. The van der Waals surface area contributed by atoms with E-state index in [4.69, 9.17) is 0 Å². The Morgan fingerprint density at radius 2 is 1.88 bits per heavy atom. The molecule has 0 spiro atoms. The zero-order valence-corrected chi connectivity index (χ0v) is 13.9. The smallest absolute Gasteiger partial charge is 0.295 e. The minimum atomic E-state index is -0.524. The highest BCUT2D eigenvalue weighted by molar-refractivity contribution is 6.42. The van der Waals surface area contributed by atoms with E-state index in [1.54, 1.807) is 42.5 Å². The van der Waals surface area contributed by atoms with Gasteiger partial charge in [-0.2, -0.15) is 0 Å². The lowest BCUT2D eigenvalue weighted by molar-refractivity contribution is -0.127. The maximum atomic E-state index is 13.4. The van der Waals surface area contributed by atoms with Gasteiger partial charge in [-0.25, -0.2) is 9.37 Å². The quantitative estimate of drug-likeness (QED) is 0.584. The molecule has 1 N–H and O–H groups in total. The molecule has 4 rings (SSSR count). The number of hydrogen-bond acceptors (Lipinski definition) is 3. The van der Waals surface area contributed by atoms with Crippen molar-refractivity contribution >= 4 is 11.7 Å². The van der Waals surface area contributed by atoms with E-state index < -0.39 is 11.7 Å². The summed E-state index contributed by atoms with van der Waals surface area (Å²) in [7, 11) is 0. The number of amides is 1. The Morgan fingerprint density at radius 3 is 2.65 bits per heavy atom. The maximum Gasteiger partial charge on any atom is 0.295 e. The average molecular weight is 349 g/mol. The summed E-state index contributed by atoms with van der Waals surface area (Å²) in [6.07, 6.45) is 0.551. The molecule has 0 saturated heterocycles. The summed E-state index contributed by atoms with van der Waals surface area (Å²) in [5.41, 5.74) is 2.66. The van der Waals surface area contributed by atoms with E-state index in [9.17, 15) is 14.0 Å². The van der Waals surface area contributed by atoms with Crippen LogP contribution in [0.1, 0.15) is 21.7 Å². The van der Waals surface area contributed by atoms with Crippen molar-refractivity contribution in [3.63, 3.8) is 0 Å². The van der Waals surface area contributed by atoms with E-state index in [1.165, 1.54) is 17.0 Å². The van der Waals surface area contributed by atoms with Crippen molar-refractivity contribution in [1.29, 1.82) is 0 Å². The molecule has 1 aliphatic rings. The van der Waals surface area contributed by atoms with Crippen LogP contribution in [0.3, 0.4) is 0 Å². The third-order valence-electron chi connectivity index (χ3n) is 4.45. The van der Waals surface area contributed by atoms with Crippen LogP contribution in [-0.2, 0) is 17.8 Å². The Morgan fingerprint density at radius 1 is 1.08 bits per heavy atom. The van der Waals surface area contributed by atoms with Crippen LogP contribution in [0.4, 0.5) is 4.39 Å². The van der Waals surface area contributed by atoms with E-state index in [0.717, 1.165) is 11.4 Å². The lowest BCUT2D eigenvalue weighted by Gasteiger charge is -2.25. The highest BCUT2D eigenvalue weighted by atomic mass is 19.1.